The average molecular weight is 408 g/mol. The summed E-state index contributed by atoms with van der Waals surface area (Å²) >= 11 is 0. The minimum Gasteiger partial charge on any atom is -0.497 e. The molecule has 0 saturated carbocycles. The Morgan fingerprint density at radius 2 is 2.07 bits per heavy atom. The number of anilines is 1. The maximum Gasteiger partial charge on any atom is 0.271 e. The number of piperidine rings is 1. The molecule has 4 rings (SSSR count). The molecule has 1 fully saturated rings. The third-order valence-corrected chi connectivity index (χ3v) is 5.24. The lowest BCUT2D eigenvalue weighted by Crippen LogP contribution is -2.43. The predicted molar refractivity (Wildman–Crippen MR) is 112 cm³/mol. The third-order valence-electron chi connectivity index (χ3n) is 5.24. The molecule has 8 heteroatoms. The summed E-state index contributed by atoms with van der Waals surface area (Å²) in [6.45, 7) is 1.72. The lowest BCUT2D eigenvalue weighted by Gasteiger charge is -2.32. The first-order valence-electron chi connectivity index (χ1n) is 9.94. The number of hydrogen-bond acceptors (Lipinski definition) is 6. The van der Waals surface area contributed by atoms with Gasteiger partial charge in [-0.05, 0) is 55.3 Å². The van der Waals surface area contributed by atoms with E-state index in [-0.39, 0.29) is 17.4 Å². The summed E-state index contributed by atoms with van der Waals surface area (Å²) in [6, 6.07) is 14.0. The lowest BCUT2D eigenvalue weighted by molar-refractivity contribution is -0.125. The molecular weight excluding hydrogens is 384 g/mol. The lowest BCUT2D eigenvalue weighted by atomic mass is 9.97. The highest BCUT2D eigenvalue weighted by molar-refractivity contribution is 5.79. The Hall–Kier alpha value is -3.55. The number of carbonyl (C=O) groups excluding carboxylic acids is 1. The molecule has 3 aromatic rings. The number of nitrogens with zero attached hydrogens (tertiary/aromatic N) is 3. The van der Waals surface area contributed by atoms with Gasteiger partial charge in [0.2, 0.25) is 5.91 Å². The molecule has 3 heterocycles. The fourth-order valence-corrected chi connectivity index (χ4v) is 3.61. The number of aromatic nitrogens is 2. The van der Waals surface area contributed by atoms with Crippen LogP contribution in [-0.2, 0) is 11.3 Å². The molecule has 156 valence electrons. The first-order valence-corrected chi connectivity index (χ1v) is 9.94. The van der Waals surface area contributed by atoms with E-state index < -0.39 is 0 Å². The number of hydrogen-bond donors (Lipinski definition) is 1. The van der Waals surface area contributed by atoms with Crippen LogP contribution in [0.1, 0.15) is 18.6 Å². The van der Waals surface area contributed by atoms with E-state index in [9.17, 15) is 9.59 Å². The predicted octanol–water partition coefficient (Wildman–Crippen LogP) is 2.37. The zero-order valence-electron chi connectivity index (χ0n) is 16.8. The smallest absolute Gasteiger partial charge is 0.271 e. The Morgan fingerprint density at radius 1 is 1.23 bits per heavy atom. The second-order valence-electron chi connectivity index (χ2n) is 7.22. The molecule has 1 atom stereocenters. The van der Waals surface area contributed by atoms with Gasteiger partial charge >= 0.3 is 0 Å². The van der Waals surface area contributed by atoms with Gasteiger partial charge < -0.3 is 19.4 Å². The largest absolute Gasteiger partial charge is 0.497 e. The van der Waals surface area contributed by atoms with E-state index in [1.165, 1.54) is 10.7 Å². The van der Waals surface area contributed by atoms with Crippen LogP contribution in [-0.4, -0.2) is 35.9 Å². The summed E-state index contributed by atoms with van der Waals surface area (Å²) in [5.41, 5.74) is 0.445. The van der Waals surface area contributed by atoms with Crippen molar-refractivity contribution >= 4 is 11.7 Å². The molecule has 2 aromatic heterocycles. The van der Waals surface area contributed by atoms with Crippen molar-refractivity contribution in [2.24, 2.45) is 5.92 Å². The van der Waals surface area contributed by atoms with Gasteiger partial charge in [-0.1, -0.05) is 0 Å². The van der Waals surface area contributed by atoms with Crippen LogP contribution in [0.15, 0.2) is 64.0 Å². The summed E-state index contributed by atoms with van der Waals surface area (Å²) in [4.78, 5) is 27.0. The van der Waals surface area contributed by atoms with E-state index in [4.69, 9.17) is 9.15 Å². The van der Waals surface area contributed by atoms with Gasteiger partial charge in [0, 0.05) is 19.2 Å². The van der Waals surface area contributed by atoms with Crippen LogP contribution in [0.4, 0.5) is 5.82 Å². The van der Waals surface area contributed by atoms with Gasteiger partial charge in [-0.3, -0.25) is 9.59 Å². The van der Waals surface area contributed by atoms with Gasteiger partial charge in [0.1, 0.15) is 17.3 Å². The highest BCUT2D eigenvalue weighted by Crippen LogP contribution is 2.22. The normalized spacial score (nSPS) is 16.3. The second-order valence-corrected chi connectivity index (χ2v) is 7.22. The Kier molecular flexibility index (Phi) is 5.83. The number of benzene rings is 1. The zero-order chi connectivity index (χ0) is 20.9. The van der Waals surface area contributed by atoms with E-state index in [0.29, 0.717) is 30.3 Å². The quantitative estimate of drug-likeness (QED) is 0.674. The van der Waals surface area contributed by atoms with Gasteiger partial charge in [0.25, 0.3) is 5.56 Å². The molecule has 0 unspecified atom stereocenters. The molecule has 30 heavy (non-hydrogen) atoms. The van der Waals surface area contributed by atoms with Crippen LogP contribution < -0.4 is 20.5 Å². The molecule has 0 bridgehead atoms. The Morgan fingerprint density at radius 3 is 2.80 bits per heavy atom. The molecule has 1 aliphatic rings. The number of nitrogens with one attached hydrogen (secondary N) is 1. The van der Waals surface area contributed by atoms with Crippen LogP contribution >= 0.6 is 0 Å². The van der Waals surface area contributed by atoms with Crippen molar-refractivity contribution in [2.75, 3.05) is 25.1 Å². The number of amides is 1. The standard InChI is InChI=1S/C22H24N4O4/c1-29-18-8-6-17(7-9-18)26-21(27)11-10-20(24-26)25-12-2-4-16(15-25)22(28)23-14-19-5-3-13-30-19/h3,5-11,13,16H,2,4,12,14-15H2,1H3,(H,23,28)/t16-/m1/s1. The second kappa shape index (κ2) is 8.86. The highest BCUT2D eigenvalue weighted by atomic mass is 16.5. The van der Waals surface area contributed by atoms with Gasteiger partial charge in [0.05, 0.1) is 31.5 Å². The molecular formula is C22H24N4O4. The molecule has 0 spiro atoms. The zero-order valence-corrected chi connectivity index (χ0v) is 16.8. The maximum atomic E-state index is 12.6. The van der Waals surface area contributed by atoms with Crippen LogP contribution in [0.5, 0.6) is 5.75 Å². The van der Waals surface area contributed by atoms with Crippen LogP contribution in [0.3, 0.4) is 0 Å². The van der Waals surface area contributed by atoms with Gasteiger partial charge in [-0.25, -0.2) is 0 Å². The molecule has 1 amide bonds. The minimum absolute atomic E-state index is 0.000393. The van der Waals surface area contributed by atoms with Crippen molar-refractivity contribution in [1.82, 2.24) is 15.1 Å². The Balaban J connectivity index is 1.47. The molecule has 1 aromatic carbocycles. The average Bonchev–Trinajstić information content (AvgIpc) is 3.32. The van der Waals surface area contributed by atoms with Crippen molar-refractivity contribution in [3.63, 3.8) is 0 Å². The van der Waals surface area contributed by atoms with Gasteiger partial charge in [-0.15, -0.1) is 5.10 Å². The van der Waals surface area contributed by atoms with Crippen LogP contribution in [0, 0.1) is 5.92 Å². The van der Waals surface area contributed by atoms with Crippen molar-refractivity contribution < 1.29 is 13.9 Å². The van der Waals surface area contributed by atoms with Crippen molar-refractivity contribution in [3.05, 3.63) is 70.9 Å². The fourth-order valence-electron chi connectivity index (χ4n) is 3.61. The number of carbonyl (C=O) groups is 1. The molecule has 1 N–H and O–H groups in total. The molecule has 0 radical (unpaired) electrons. The van der Waals surface area contributed by atoms with E-state index in [1.807, 2.05) is 6.07 Å². The van der Waals surface area contributed by atoms with Crippen LogP contribution in [0.25, 0.3) is 5.69 Å². The first-order chi connectivity index (χ1) is 14.6. The summed E-state index contributed by atoms with van der Waals surface area (Å²) in [6.07, 6.45) is 3.29. The summed E-state index contributed by atoms with van der Waals surface area (Å²) in [5, 5.41) is 7.48. The van der Waals surface area contributed by atoms with E-state index in [2.05, 4.69) is 15.3 Å². The molecule has 0 aliphatic carbocycles. The minimum atomic E-state index is -0.214. The summed E-state index contributed by atoms with van der Waals surface area (Å²) < 4.78 is 11.8. The van der Waals surface area contributed by atoms with Crippen LogP contribution in [0.2, 0.25) is 0 Å². The van der Waals surface area contributed by atoms with E-state index in [0.717, 1.165) is 25.1 Å². The van der Waals surface area contributed by atoms with Gasteiger partial charge in [-0.2, -0.15) is 4.68 Å². The summed E-state index contributed by atoms with van der Waals surface area (Å²) in [5.74, 6) is 1.97. The third kappa shape index (κ3) is 4.37. The summed E-state index contributed by atoms with van der Waals surface area (Å²) in [7, 11) is 1.59. The highest BCUT2D eigenvalue weighted by Gasteiger charge is 2.27. The number of furan rings is 1. The Bertz CT molecular complexity index is 1040. The number of rotatable bonds is 6. The van der Waals surface area contributed by atoms with Crippen molar-refractivity contribution in [3.8, 4) is 11.4 Å². The van der Waals surface area contributed by atoms with E-state index >= 15 is 0 Å². The van der Waals surface area contributed by atoms with Crippen molar-refractivity contribution in [2.45, 2.75) is 19.4 Å². The fraction of sp³-hybridized carbons (Fsp3) is 0.318. The topological polar surface area (TPSA) is 89.6 Å². The van der Waals surface area contributed by atoms with Crippen molar-refractivity contribution in [1.29, 1.82) is 0 Å². The van der Waals surface area contributed by atoms with E-state index in [1.54, 1.807) is 49.8 Å². The number of ether oxygens (including phenoxy) is 1. The van der Waals surface area contributed by atoms with Gasteiger partial charge in [0.15, 0.2) is 0 Å². The molecule has 1 saturated heterocycles. The molecule has 1 aliphatic heterocycles. The maximum absolute atomic E-state index is 12.6. The Labute approximate surface area is 174 Å². The SMILES string of the molecule is COc1ccc(-n2nc(N3CCC[C@@H](C(=O)NCc4ccco4)C3)ccc2=O)cc1. The molecule has 8 nitrogen and oxygen atoms in total. The monoisotopic (exact) mass is 408 g/mol. The number of methoxy groups -OCH3 is 1. The first kappa shape index (κ1) is 19.8.